The lowest BCUT2D eigenvalue weighted by molar-refractivity contribution is 0.620. The number of nitrogens with zero attached hydrogens (tertiary/aromatic N) is 4. The molecule has 0 saturated heterocycles. The van der Waals surface area contributed by atoms with Gasteiger partial charge in [-0.3, -0.25) is 0 Å². The van der Waals surface area contributed by atoms with Crippen LogP contribution in [0.15, 0.2) is 142 Å². The fourth-order valence-corrected chi connectivity index (χ4v) is 7.52. The van der Waals surface area contributed by atoms with Gasteiger partial charge in [0.2, 0.25) is 5.89 Å². The molecule has 0 spiro atoms. The Kier molecular flexibility index (Phi) is 5.64. The maximum absolute atomic E-state index is 6.10. The van der Waals surface area contributed by atoms with Crippen LogP contribution in [0, 0.1) is 0 Å². The third kappa shape index (κ3) is 4.25. The molecule has 0 fully saturated rings. The number of oxazole rings is 1. The fourth-order valence-electron chi connectivity index (χ4n) is 6.35. The Hall–Kier alpha value is -6.18. The molecule has 10 aromatic rings. The second kappa shape index (κ2) is 10.2. The summed E-state index contributed by atoms with van der Waals surface area (Å²) in [7, 11) is 0. The molecule has 0 aliphatic heterocycles. The second-order valence-corrected chi connectivity index (χ2v) is 12.5. The highest BCUT2D eigenvalue weighted by Gasteiger charge is 2.19. The van der Waals surface area contributed by atoms with Gasteiger partial charge in [-0.25, -0.2) is 19.9 Å². The Morgan fingerprint density at radius 1 is 0.426 bits per heavy atom. The third-order valence-corrected chi connectivity index (χ3v) is 9.70. The number of aromatic nitrogens is 4. The maximum Gasteiger partial charge on any atom is 0.227 e. The van der Waals surface area contributed by atoms with Gasteiger partial charge in [0.05, 0.1) is 0 Å². The lowest BCUT2D eigenvalue weighted by atomic mass is 10.0. The summed E-state index contributed by atoms with van der Waals surface area (Å²) in [4.78, 5) is 19.9. The van der Waals surface area contributed by atoms with E-state index in [4.69, 9.17) is 28.8 Å². The second-order valence-electron chi connectivity index (χ2n) is 11.5. The topological polar surface area (TPSA) is 77.8 Å². The highest BCUT2D eigenvalue weighted by atomic mass is 32.1. The van der Waals surface area contributed by atoms with Crippen molar-refractivity contribution in [2.45, 2.75) is 0 Å². The highest BCUT2D eigenvalue weighted by molar-refractivity contribution is 7.26. The Labute approximate surface area is 271 Å². The summed E-state index contributed by atoms with van der Waals surface area (Å²) in [6.07, 6.45) is 0. The summed E-state index contributed by atoms with van der Waals surface area (Å²) in [6, 6.07) is 44.8. The summed E-state index contributed by atoms with van der Waals surface area (Å²) in [5, 5.41) is 4.34. The molecule has 0 radical (unpaired) electrons. The zero-order valence-corrected chi connectivity index (χ0v) is 25.5. The van der Waals surface area contributed by atoms with Crippen LogP contribution >= 0.6 is 11.3 Å². The first-order valence-electron chi connectivity index (χ1n) is 15.3. The molecule has 0 atom stereocenters. The van der Waals surface area contributed by atoms with Gasteiger partial charge in [-0.05, 0) is 54.6 Å². The molecule has 4 aromatic heterocycles. The monoisotopic (exact) mass is 622 g/mol. The van der Waals surface area contributed by atoms with Gasteiger partial charge in [0.15, 0.2) is 23.1 Å². The summed E-state index contributed by atoms with van der Waals surface area (Å²) in [5.41, 5.74) is 7.04. The molecule has 7 heteroatoms. The van der Waals surface area contributed by atoms with E-state index in [1.807, 2.05) is 84.9 Å². The van der Waals surface area contributed by atoms with Gasteiger partial charge < -0.3 is 8.83 Å². The van der Waals surface area contributed by atoms with Crippen LogP contribution in [0.25, 0.3) is 98.8 Å². The normalized spacial score (nSPS) is 11.8. The predicted molar refractivity (Wildman–Crippen MR) is 189 cm³/mol. The SMILES string of the molecule is c1ccc(-c2nc(-c3ccc4oc5ccccc5c4c3)nc(-c3cccc4sc5cc(-c6nc7ccccc7o6)ccc5c34)n2)cc1. The van der Waals surface area contributed by atoms with E-state index in [9.17, 15) is 0 Å². The van der Waals surface area contributed by atoms with Gasteiger partial charge >= 0.3 is 0 Å². The van der Waals surface area contributed by atoms with Crippen molar-refractivity contribution >= 4 is 64.5 Å². The molecule has 47 heavy (non-hydrogen) atoms. The first-order valence-corrected chi connectivity index (χ1v) is 16.1. The van der Waals surface area contributed by atoms with E-state index in [1.54, 1.807) is 11.3 Å². The average Bonchev–Trinajstić information content (AvgIpc) is 3.84. The molecule has 0 saturated carbocycles. The van der Waals surface area contributed by atoms with Crippen LogP contribution in [-0.4, -0.2) is 19.9 Å². The number of benzene rings is 6. The molecule has 6 aromatic carbocycles. The molecule has 4 heterocycles. The van der Waals surface area contributed by atoms with Gasteiger partial charge in [-0.1, -0.05) is 78.9 Å². The zero-order chi connectivity index (χ0) is 30.9. The highest BCUT2D eigenvalue weighted by Crippen LogP contribution is 2.41. The van der Waals surface area contributed by atoms with E-state index in [-0.39, 0.29) is 0 Å². The molecular formula is C40H22N4O2S. The third-order valence-electron chi connectivity index (χ3n) is 8.58. The average molecular weight is 623 g/mol. The van der Waals surface area contributed by atoms with Crippen molar-refractivity contribution in [2.24, 2.45) is 0 Å². The number of furan rings is 1. The number of rotatable bonds is 4. The number of thiophene rings is 1. The molecule has 0 bridgehead atoms. The fraction of sp³-hybridized carbons (Fsp3) is 0. The Morgan fingerprint density at radius 3 is 2.06 bits per heavy atom. The maximum atomic E-state index is 6.10. The van der Waals surface area contributed by atoms with Crippen molar-refractivity contribution in [1.29, 1.82) is 0 Å². The van der Waals surface area contributed by atoms with Crippen LogP contribution in [0.5, 0.6) is 0 Å². The van der Waals surface area contributed by atoms with Gasteiger partial charge in [-0.15, -0.1) is 11.3 Å². The van der Waals surface area contributed by atoms with Crippen molar-refractivity contribution in [3.8, 4) is 45.6 Å². The Balaban J connectivity index is 1.16. The minimum Gasteiger partial charge on any atom is -0.456 e. The van der Waals surface area contributed by atoms with E-state index in [1.165, 1.54) is 0 Å². The van der Waals surface area contributed by atoms with E-state index in [0.717, 1.165) is 75.5 Å². The summed E-state index contributed by atoms with van der Waals surface area (Å²) in [6.45, 7) is 0. The van der Waals surface area contributed by atoms with Crippen molar-refractivity contribution in [3.05, 3.63) is 133 Å². The first kappa shape index (κ1) is 26.1. The molecule has 0 aliphatic carbocycles. The van der Waals surface area contributed by atoms with Gasteiger partial charge in [0.25, 0.3) is 0 Å². The number of hydrogen-bond acceptors (Lipinski definition) is 7. The zero-order valence-electron chi connectivity index (χ0n) is 24.7. The smallest absolute Gasteiger partial charge is 0.227 e. The lowest BCUT2D eigenvalue weighted by Gasteiger charge is -2.09. The summed E-state index contributed by atoms with van der Waals surface area (Å²) < 4.78 is 14.5. The van der Waals surface area contributed by atoms with E-state index < -0.39 is 0 Å². The standard InChI is InChI=1S/C40H22N4O2S/c1-2-9-23(10-3-1)37-42-38(24-18-20-32-29(21-24)26-11-4-6-14-31(26)45-32)44-39(43-37)28-12-8-16-34-36(28)27-19-17-25(22-35(27)47-34)40-41-30-13-5-7-15-33(30)46-40/h1-22H. The van der Waals surface area contributed by atoms with E-state index in [2.05, 4.69) is 48.5 Å². The predicted octanol–water partition coefficient (Wildman–Crippen LogP) is 10.9. The van der Waals surface area contributed by atoms with Crippen LogP contribution < -0.4 is 0 Å². The van der Waals surface area contributed by atoms with Gasteiger partial charge in [-0.2, -0.15) is 0 Å². The van der Waals surface area contributed by atoms with Crippen LogP contribution in [0.4, 0.5) is 0 Å². The molecule has 0 aliphatic rings. The Morgan fingerprint density at radius 2 is 1.17 bits per heavy atom. The number of fused-ring (bicyclic) bond motifs is 7. The summed E-state index contributed by atoms with van der Waals surface area (Å²) in [5.74, 6) is 2.47. The Bertz CT molecular complexity index is 2780. The van der Waals surface area contributed by atoms with Gasteiger partial charge in [0.1, 0.15) is 16.7 Å². The van der Waals surface area contributed by atoms with Crippen molar-refractivity contribution in [1.82, 2.24) is 19.9 Å². The van der Waals surface area contributed by atoms with E-state index >= 15 is 0 Å². The molecule has 0 amide bonds. The molecule has 10 rings (SSSR count). The quantitative estimate of drug-likeness (QED) is 0.194. The molecule has 220 valence electrons. The van der Waals surface area contributed by atoms with Crippen LogP contribution in [0.3, 0.4) is 0 Å². The number of hydrogen-bond donors (Lipinski definition) is 0. The van der Waals surface area contributed by atoms with E-state index in [0.29, 0.717) is 23.4 Å². The summed E-state index contributed by atoms with van der Waals surface area (Å²) >= 11 is 1.74. The van der Waals surface area contributed by atoms with Crippen molar-refractivity contribution in [3.63, 3.8) is 0 Å². The van der Waals surface area contributed by atoms with Crippen LogP contribution in [0.2, 0.25) is 0 Å². The number of para-hydroxylation sites is 3. The largest absolute Gasteiger partial charge is 0.456 e. The molecule has 0 unspecified atom stereocenters. The van der Waals surface area contributed by atoms with Crippen LogP contribution in [0.1, 0.15) is 0 Å². The first-order chi connectivity index (χ1) is 23.2. The lowest BCUT2D eigenvalue weighted by Crippen LogP contribution is -2.00. The minimum atomic E-state index is 0.607. The van der Waals surface area contributed by atoms with Gasteiger partial charge in [0, 0.05) is 53.2 Å². The molecule has 0 N–H and O–H groups in total. The van der Waals surface area contributed by atoms with Crippen molar-refractivity contribution < 1.29 is 8.83 Å². The molecule has 6 nitrogen and oxygen atoms in total. The minimum absolute atomic E-state index is 0.607. The molecular weight excluding hydrogens is 601 g/mol. The van der Waals surface area contributed by atoms with Crippen LogP contribution in [-0.2, 0) is 0 Å². The van der Waals surface area contributed by atoms with Crippen molar-refractivity contribution in [2.75, 3.05) is 0 Å².